The van der Waals surface area contributed by atoms with Crippen molar-refractivity contribution in [3.05, 3.63) is 31.1 Å². The van der Waals surface area contributed by atoms with Crippen LogP contribution in [-0.2, 0) is 4.79 Å². The zero-order valence-electron chi connectivity index (χ0n) is 8.67. The fraction of sp³-hybridized carbons (Fsp3) is 0.200. The first-order valence-corrected chi connectivity index (χ1v) is 6.80. The van der Waals surface area contributed by atoms with Crippen molar-refractivity contribution in [1.82, 2.24) is 4.90 Å². The van der Waals surface area contributed by atoms with Gasteiger partial charge in [-0.25, -0.2) is 0 Å². The number of likely N-dealkylation sites (N-methyl/N-ethyl adjacent to an activating group) is 1. The Balaban J connectivity index is 3.08. The number of hydrogen-bond donors (Lipinski definition) is 0. The topological polar surface area (TPSA) is 60.4 Å². The van der Waals surface area contributed by atoms with Gasteiger partial charge in [0.15, 0.2) is 0 Å². The third-order valence-electron chi connectivity index (χ3n) is 1.94. The molecular weight excluding hydrogens is 422 g/mol. The number of carbonyl (C=O) groups excluding carboxylic acids is 2. The maximum atomic E-state index is 12.0. The monoisotopic (exact) mass is 426 g/mol. The highest BCUT2D eigenvalue weighted by Crippen LogP contribution is 2.31. The van der Waals surface area contributed by atoms with Crippen molar-refractivity contribution in [1.29, 1.82) is 0 Å². The van der Waals surface area contributed by atoms with Crippen molar-refractivity contribution in [2.24, 2.45) is 0 Å². The van der Waals surface area contributed by atoms with Crippen LogP contribution in [0, 0.1) is 0 Å². The van der Waals surface area contributed by atoms with E-state index in [0.29, 0.717) is 14.5 Å². The number of carboxylic acid groups (broad SMARTS) is 1. The molecule has 0 spiro atoms. The SMILES string of the molecule is CN(CC(=O)[O-])C(=O)c1cc(Br)cc(Br)c1Br. The van der Waals surface area contributed by atoms with Crippen LogP contribution < -0.4 is 5.11 Å². The molecule has 0 radical (unpaired) electrons. The number of nitrogens with zero attached hydrogens (tertiary/aromatic N) is 1. The fourth-order valence-electron chi connectivity index (χ4n) is 1.18. The molecule has 0 aliphatic heterocycles. The van der Waals surface area contributed by atoms with E-state index in [4.69, 9.17) is 0 Å². The zero-order valence-corrected chi connectivity index (χ0v) is 13.4. The van der Waals surface area contributed by atoms with E-state index in [9.17, 15) is 14.7 Å². The second-order valence-corrected chi connectivity index (χ2v) is 5.85. The molecule has 0 atom stereocenters. The summed E-state index contributed by atoms with van der Waals surface area (Å²) in [4.78, 5) is 23.5. The van der Waals surface area contributed by atoms with Gasteiger partial charge in [-0.05, 0) is 44.0 Å². The summed E-state index contributed by atoms with van der Waals surface area (Å²) in [6, 6.07) is 3.39. The van der Waals surface area contributed by atoms with Crippen molar-refractivity contribution in [2.75, 3.05) is 13.6 Å². The second kappa shape index (κ2) is 5.97. The maximum absolute atomic E-state index is 12.0. The lowest BCUT2D eigenvalue weighted by molar-refractivity contribution is -0.305. The molecule has 0 saturated carbocycles. The van der Waals surface area contributed by atoms with Crippen molar-refractivity contribution in [3.8, 4) is 0 Å². The number of halogens is 3. The summed E-state index contributed by atoms with van der Waals surface area (Å²) in [5.41, 5.74) is 0.370. The Kier molecular flexibility index (Phi) is 5.15. The molecule has 1 aromatic carbocycles. The molecular formula is C10H7Br3NO3-. The van der Waals surface area contributed by atoms with Crippen molar-refractivity contribution in [2.45, 2.75) is 0 Å². The molecule has 0 aliphatic rings. The largest absolute Gasteiger partial charge is 0.548 e. The molecule has 4 nitrogen and oxygen atoms in total. The minimum absolute atomic E-state index is 0.370. The molecule has 1 rings (SSSR count). The van der Waals surface area contributed by atoms with Crippen LogP contribution in [0.25, 0.3) is 0 Å². The summed E-state index contributed by atoms with van der Waals surface area (Å²) >= 11 is 9.83. The van der Waals surface area contributed by atoms with Crippen LogP contribution in [0.3, 0.4) is 0 Å². The highest BCUT2D eigenvalue weighted by atomic mass is 79.9. The Hall–Kier alpha value is -0.400. The molecule has 1 aromatic rings. The van der Waals surface area contributed by atoms with Gasteiger partial charge in [0.2, 0.25) is 0 Å². The Labute approximate surface area is 123 Å². The Morgan fingerprint density at radius 3 is 2.41 bits per heavy atom. The summed E-state index contributed by atoms with van der Waals surface area (Å²) in [7, 11) is 1.40. The number of benzene rings is 1. The summed E-state index contributed by atoms with van der Waals surface area (Å²) in [6.45, 7) is -0.449. The lowest BCUT2D eigenvalue weighted by Crippen LogP contribution is -2.39. The van der Waals surface area contributed by atoms with E-state index in [1.165, 1.54) is 7.05 Å². The molecule has 0 aliphatic carbocycles. The number of carboxylic acids is 1. The molecule has 0 bridgehead atoms. The van der Waals surface area contributed by atoms with Crippen LogP contribution in [0.1, 0.15) is 10.4 Å². The Bertz CT molecular complexity index is 476. The molecule has 0 aromatic heterocycles. The van der Waals surface area contributed by atoms with E-state index in [1.807, 2.05) is 0 Å². The first-order valence-electron chi connectivity index (χ1n) is 4.42. The van der Waals surface area contributed by atoms with Gasteiger partial charge in [0.25, 0.3) is 5.91 Å². The second-order valence-electron chi connectivity index (χ2n) is 3.28. The quantitative estimate of drug-likeness (QED) is 0.690. The molecule has 0 saturated heterocycles. The van der Waals surface area contributed by atoms with Gasteiger partial charge in [0, 0.05) is 20.5 Å². The number of aliphatic carboxylic acids is 1. The Morgan fingerprint density at radius 1 is 1.29 bits per heavy atom. The summed E-state index contributed by atoms with van der Waals surface area (Å²) in [5, 5.41) is 10.4. The molecule has 17 heavy (non-hydrogen) atoms. The third kappa shape index (κ3) is 3.79. The molecule has 92 valence electrons. The summed E-state index contributed by atoms with van der Waals surface area (Å²) in [6.07, 6.45) is 0. The zero-order chi connectivity index (χ0) is 13.2. The summed E-state index contributed by atoms with van der Waals surface area (Å²) in [5.74, 6) is -1.70. The van der Waals surface area contributed by atoms with Crippen LogP contribution >= 0.6 is 47.8 Å². The predicted octanol–water partition coefficient (Wildman–Crippen LogP) is 1.80. The lowest BCUT2D eigenvalue weighted by Gasteiger charge is -2.18. The third-order valence-corrected chi connectivity index (χ3v) is 4.41. The first kappa shape index (κ1) is 14.7. The van der Waals surface area contributed by atoms with Gasteiger partial charge < -0.3 is 14.8 Å². The fourth-order valence-corrected chi connectivity index (χ4v) is 2.81. The van der Waals surface area contributed by atoms with Crippen molar-refractivity contribution in [3.63, 3.8) is 0 Å². The van der Waals surface area contributed by atoms with Gasteiger partial charge in [-0.15, -0.1) is 0 Å². The van der Waals surface area contributed by atoms with Crippen LogP contribution in [0.15, 0.2) is 25.6 Å². The van der Waals surface area contributed by atoms with E-state index in [-0.39, 0.29) is 0 Å². The minimum Gasteiger partial charge on any atom is -0.548 e. The predicted molar refractivity (Wildman–Crippen MR) is 71.5 cm³/mol. The number of hydrogen-bond acceptors (Lipinski definition) is 3. The highest BCUT2D eigenvalue weighted by Gasteiger charge is 2.17. The van der Waals surface area contributed by atoms with Crippen LogP contribution in [0.4, 0.5) is 0 Å². The van der Waals surface area contributed by atoms with Crippen molar-refractivity contribution >= 4 is 59.7 Å². The van der Waals surface area contributed by atoms with Gasteiger partial charge in [0.1, 0.15) is 0 Å². The van der Waals surface area contributed by atoms with Crippen molar-refractivity contribution < 1.29 is 14.7 Å². The van der Waals surface area contributed by atoms with Gasteiger partial charge in [-0.2, -0.15) is 0 Å². The molecule has 7 heteroatoms. The van der Waals surface area contributed by atoms with Crippen LogP contribution in [0.5, 0.6) is 0 Å². The molecule has 0 N–H and O–H groups in total. The minimum atomic E-state index is -1.30. The molecule has 1 amide bonds. The molecule has 0 unspecified atom stereocenters. The van der Waals surface area contributed by atoms with E-state index in [2.05, 4.69) is 47.8 Å². The average molecular weight is 429 g/mol. The Morgan fingerprint density at radius 2 is 1.88 bits per heavy atom. The number of rotatable bonds is 3. The van der Waals surface area contributed by atoms with Crippen LogP contribution in [-0.4, -0.2) is 30.4 Å². The average Bonchev–Trinajstić information content (AvgIpc) is 2.21. The highest BCUT2D eigenvalue weighted by molar-refractivity contribution is 9.13. The molecule has 0 heterocycles. The van der Waals surface area contributed by atoms with Crippen LogP contribution in [0.2, 0.25) is 0 Å². The molecule has 0 fully saturated rings. The smallest absolute Gasteiger partial charge is 0.255 e. The van der Waals surface area contributed by atoms with E-state index in [1.54, 1.807) is 12.1 Å². The van der Waals surface area contributed by atoms with Gasteiger partial charge in [-0.3, -0.25) is 4.79 Å². The standard InChI is InChI=1S/C10H8Br3NO3/c1-14(4-8(15)16)10(17)6-2-5(11)3-7(12)9(6)13/h2-3H,4H2,1H3,(H,15,16)/p-1. The number of carbonyl (C=O) groups is 2. The maximum Gasteiger partial charge on any atom is 0.255 e. The lowest BCUT2D eigenvalue weighted by atomic mass is 10.2. The summed E-state index contributed by atoms with van der Waals surface area (Å²) < 4.78 is 2.01. The van der Waals surface area contributed by atoms with Gasteiger partial charge >= 0.3 is 0 Å². The van der Waals surface area contributed by atoms with Gasteiger partial charge in [-0.1, -0.05) is 15.9 Å². The van der Waals surface area contributed by atoms with Gasteiger partial charge in [0.05, 0.1) is 18.1 Å². The van der Waals surface area contributed by atoms with E-state index < -0.39 is 18.4 Å². The number of amides is 1. The van der Waals surface area contributed by atoms with E-state index >= 15 is 0 Å². The normalized spacial score (nSPS) is 10.1. The van der Waals surface area contributed by atoms with E-state index in [0.717, 1.165) is 9.37 Å². The first-order chi connectivity index (χ1) is 7.82.